The van der Waals surface area contributed by atoms with E-state index in [4.69, 9.17) is 0 Å². The molecule has 0 saturated carbocycles. The van der Waals surface area contributed by atoms with Gasteiger partial charge in [-0.25, -0.2) is 26.5 Å². The molecule has 2 aromatic heterocycles. The molecule has 3 rings (SSSR count). The van der Waals surface area contributed by atoms with Crippen molar-refractivity contribution < 1.29 is 22.0 Å². The molecular weight excluding hydrogens is 438 g/mol. The Morgan fingerprint density at radius 1 is 1.30 bits per heavy atom. The summed E-state index contributed by atoms with van der Waals surface area (Å²) in [6.45, 7) is 2.50. The van der Waals surface area contributed by atoms with Crippen LogP contribution in [0.2, 0.25) is 0 Å². The van der Waals surface area contributed by atoms with Crippen LogP contribution in [0.25, 0.3) is 11.0 Å². The van der Waals surface area contributed by atoms with E-state index >= 15 is 0 Å². The van der Waals surface area contributed by atoms with Gasteiger partial charge < -0.3 is 9.88 Å². The van der Waals surface area contributed by atoms with Crippen LogP contribution in [0.3, 0.4) is 0 Å². The minimum atomic E-state index is -3.59. The van der Waals surface area contributed by atoms with Crippen molar-refractivity contribution in [1.29, 1.82) is 0 Å². The Hall–Kier alpha value is -2.51. The largest absolute Gasteiger partial charge is 0.328 e. The first-order chi connectivity index (χ1) is 14.1. The fraction of sp³-hybridized carbons (Fsp3) is 0.412. The van der Waals surface area contributed by atoms with Crippen LogP contribution in [-0.4, -0.2) is 52.5 Å². The highest BCUT2D eigenvalue weighted by molar-refractivity contribution is 7.89. The second kappa shape index (κ2) is 8.70. The van der Waals surface area contributed by atoms with Crippen LogP contribution in [0.5, 0.6) is 0 Å². The zero-order valence-electron chi connectivity index (χ0n) is 16.5. The molecule has 0 radical (unpaired) electrons. The van der Waals surface area contributed by atoms with Crippen molar-refractivity contribution in [2.24, 2.45) is 0 Å². The molecule has 1 aromatic carbocycles. The van der Waals surface area contributed by atoms with E-state index in [0.29, 0.717) is 29.2 Å². The van der Waals surface area contributed by atoms with Crippen LogP contribution in [0.15, 0.2) is 23.1 Å². The van der Waals surface area contributed by atoms with Crippen molar-refractivity contribution in [2.45, 2.75) is 37.6 Å². The Labute approximate surface area is 175 Å². The average molecular weight is 459 g/mol. The maximum absolute atomic E-state index is 12.6. The van der Waals surface area contributed by atoms with E-state index in [2.05, 4.69) is 20.5 Å². The topological polar surface area (TPSA) is 110 Å². The molecule has 0 fully saturated rings. The number of imidazole rings is 1. The van der Waals surface area contributed by atoms with Gasteiger partial charge in [0.1, 0.15) is 5.82 Å². The Morgan fingerprint density at radius 3 is 2.63 bits per heavy atom. The molecule has 2 heterocycles. The Morgan fingerprint density at radius 2 is 2.03 bits per heavy atom. The lowest BCUT2D eigenvalue weighted by molar-refractivity contribution is -0.116. The van der Waals surface area contributed by atoms with Gasteiger partial charge in [0.15, 0.2) is 5.01 Å². The van der Waals surface area contributed by atoms with E-state index in [0.717, 1.165) is 9.82 Å². The normalized spacial score (nSPS) is 12.2. The zero-order valence-corrected chi connectivity index (χ0v) is 18.1. The Balaban J connectivity index is 1.77. The number of nitrogens with one attached hydrogen (secondary N) is 1. The van der Waals surface area contributed by atoms with Crippen molar-refractivity contribution in [3.8, 4) is 0 Å². The SMILES string of the molecule is CCn1c(CCC(=O)Nc2nnc(C(F)F)s2)nc2cc(S(=O)(=O)N(C)C)ccc21. The second-order valence-corrected chi connectivity index (χ2v) is 9.67. The summed E-state index contributed by atoms with van der Waals surface area (Å²) in [5, 5.41) is 8.85. The lowest BCUT2D eigenvalue weighted by atomic mass is 10.3. The first-order valence-electron chi connectivity index (χ1n) is 8.96. The van der Waals surface area contributed by atoms with E-state index in [1.54, 1.807) is 6.07 Å². The van der Waals surface area contributed by atoms with E-state index in [1.165, 1.54) is 26.2 Å². The molecule has 0 saturated heterocycles. The highest BCUT2D eigenvalue weighted by Crippen LogP contribution is 2.26. The highest BCUT2D eigenvalue weighted by atomic mass is 32.2. The number of anilines is 1. The maximum Gasteiger partial charge on any atom is 0.291 e. The van der Waals surface area contributed by atoms with Crippen molar-refractivity contribution in [1.82, 2.24) is 24.1 Å². The van der Waals surface area contributed by atoms with Crippen LogP contribution in [-0.2, 0) is 27.8 Å². The minimum absolute atomic E-state index is 0.0119. The summed E-state index contributed by atoms with van der Waals surface area (Å²) in [7, 11) is -0.679. The van der Waals surface area contributed by atoms with Crippen molar-refractivity contribution in [2.75, 3.05) is 19.4 Å². The van der Waals surface area contributed by atoms with Gasteiger partial charge in [0, 0.05) is 33.5 Å². The molecule has 0 spiro atoms. The first-order valence-corrected chi connectivity index (χ1v) is 11.2. The third kappa shape index (κ3) is 4.47. The highest BCUT2D eigenvalue weighted by Gasteiger charge is 2.20. The molecule has 0 atom stereocenters. The van der Waals surface area contributed by atoms with Gasteiger partial charge in [-0.05, 0) is 25.1 Å². The van der Waals surface area contributed by atoms with Gasteiger partial charge in [-0.1, -0.05) is 11.3 Å². The number of carbonyl (C=O) groups is 1. The third-order valence-electron chi connectivity index (χ3n) is 4.34. The number of carbonyl (C=O) groups excluding carboxylic acids is 1. The third-order valence-corrected chi connectivity index (χ3v) is 7.00. The number of amides is 1. The number of aryl methyl sites for hydroxylation is 2. The van der Waals surface area contributed by atoms with Crippen LogP contribution in [0, 0.1) is 0 Å². The van der Waals surface area contributed by atoms with Crippen LogP contribution < -0.4 is 5.32 Å². The molecular formula is C17H20F2N6O3S2. The van der Waals surface area contributed by atoms with Crippen LogP contribution in [0.1, 0.15) is 30.6 Å². The molecule has 0 aliphatic rings. The van der Waals surface area contributed by atoms with Gasteiger partial charge >= 0.3 is 0 Å². The molecule has 0 bridgehead atoms. The molecule has 0 aliphatic carbocycles. The van der Waals surface area contributed by atoms with Gasteiger partial charge in [0.2, 0.25) is 21.1 Å². The number of fused-ring (bicyclic) bond motifs is 1. The lowest BCUT2D eigenvalue weighted by Gasteiger charge is -2.11. The molecule has 0 unspecified atom stereocenters. The number of sulfonamides is 1. The summed E-state index contributed by atoms with van der Waals surface area (Å²) in [5.41, 5.74) is 1.28. The van der Waals surface area contributed by atoms with Crippen molar-refractivity contribution in [3.63, 3.8) is 0 Å². The molecule has 162 valence electrons. The van der Waals surface area contributed by atoms with E-state index in [9.17, 15) is 22.0 Å². The summed E-state index contributed by atoms with van der Waals surface area (Å²) >= 11 is 0.623. The smallest absolute Gasteiger partial charge is 0.291 e. The second-order valence-electron chi connectivity index (χ2n) is 6.50. The molecule has 9 nitrogen and oxygen atoms in total. The summed E-state index contributed by atoms with van der Waals surface area (Å²) in [4.78, 5) is 16.8. The predicted molar refractivity (Wildman–Crippen MR) is 108 cm³/mol. The number of rotatable bonds is 8. The number of nitrogens with zero attached hydrogens (tertiary/aromatic N) is 5. The quantitative estimate of drug-likeness (QED) is 0.556. The van der Waals surface area contributed by atoms with Gasteiger partial charge in [-0.3, -0.25) is 4.79 Å². The van der Waals surface area contributed by atoms with E-state index in [-0.39, 0.29) is 22.9 Å². The van der Waals surface area contributed by atoms with Gasteiger partial charge in [-0.2, -0.15) is 0 Å². The van der Waals surface area contributed by atoms with Crippen LogP contribution in [0.4, 0.5) is 13.9 Å². The summed E-state index contributed by atoms with van der Waals surface area (Å²) in [6.07, 6.45) is -2.40. The summed E-state index contributed by atoms with van der Waals surface area (Å²) < 4.78 is 52.9. The number of hydrogen-bond donors (Lipinski definition) is 1. The van der Waals surface area contributed by atoms with Gasteiger partial charge in [0.25, 0.3) is 6.43 Å². The Kier molecular flexibility index (Phi) is 6.43. The number of benzene rings is 1. The molecule has 30 heavy (non-hydrogen) atoms. The molecule has 3 aromatic rings. The van der Waals surface area contributed by atoms with Crippen molar-refractivity contribution in [3.05, 3.63) is 29.0 Å². The van der Waals surface area contributed by atoms with Crippen LogP contribution >= 0.6 is 11.3 Å². The van der Waals surface area contributed by atoms with E-state index in [1.807, 2.05) is 11.5 Å². The van der Waals surface area contributed by atoms with Crippen molar-refractivity contribution >= 4 is 43.4 Å². The Bertz CT molecular complexity index is 1170. The summed E-state index contributed by atoms with van der Waals surface area (Å²) in [6, 6.07) is 4.73. The lowest BCUT2D eigenvalue weighted by Crippen LogP contribution is -2.22. The molecule has 0 aliphatic heterocycles. The number of halogens is 2. The zero-order chi connectivity index (χ0) is 22.1. The molecule has 13 heteroatoms. The fourth-order valence-electron chi connectivity index (χ4n) is 2.85. The summed E-state index contributed by atoms with van der Waals surface area (Å²) in [5.74, 6) is 0.213. The number of hydrogen-bond acceptors (Lipinski definition) is 7. The van der Waals surface area contributed by atoms with E-state index < -0.39 is 27.4 Å². The van der Waals surface area contributed by atoms with Gasteiger partial charge in [-0.15, -0.1) is 10.2 Å². The standard InChI is InChI=1S/C17H20F2N6O3S2/c1-4-25-12-6-5-10(30(27,28)24(2)3)9-11(12)20-13(25)7-8-14(26)21-17-23-22-16(29-17)15(18)19/h5-6,9,15H,4,7-8H2,1-3H3,(H,21,23,26). The average Bonchev–Trinajstić information content (AvgIpc) is 3.29. The minimum Gasteiger partial charge on any atom is -0.328 e. The maximum atomic E-state index is 12.6. The number of alkyl halides is 2. The first kappa shape index (κ1) is 22.2. The molecule has 1 N–H and O–H groups in total. The van der Waals surface area contributed by atoms with Gasteiger partial charge in [0.05, 0.1) is 15.9 Å². The number of aromatic nitrogens is 4. The fourth-order valence-corrected chi connectivity index (χ4v) is 4.39. The predicted octanol–water partition coefficient (Wildman–Crippen LogP) is 2.67. The molecule has 1 amide bonds. The monoisotopic (exact) mass is 458 g/mol.